The number of aromatic nitrogens is 1. The third-order valence-electron chi connectivity index (χ3n) is 5.18. The van der Waals surface area contributed by atoms with Crippen LogP contribution in [0.2, 0.25) is 0 Å². The highest BCUT2D eigenvalue weighted by molar-refractivity contribution is 5.97. The smallest absolute Gasteiger partial charge is 0.341 e. The number of carbonyl (C=O) groups is 1. The average Bonchev–Trinajstić information content (AvgIpc) is 2.57. The second kappa shape index (κ2) is 5.19. The number of rotatable bonds is 2. The van der Waals surface area contributed by atoms with Gasteiger partial charge in [-0.15, -0.1) is 0 Å². The Bertz CT molecular complexity index is 971. The average molecular weight is 347 g/mol. The molecule has 1 saturated heterocycles. The van der Waals surface area contributed by atoms with Crippen molar-refractivity contribution in [3.05, 3.63) is 33.9 Å². The zero-order valence-electron chi connectivity index (χ0n) is 13.8. The monoisotopic (exact) mass is 347 g/mol. The fourth-order valence-corrected chi connectivity index (χ4v) is 3.57. The van der Waals surface area contributed by atoms with Gasteiger partial charge in [-0.1, -0.05) is 0 Å². The van der Waals surface area contributed by atoms with Crippen LogP contribution in [0.1, 0.15) is 30.2 Å². The summed E-state index contributed by atoms with van der Waals surface area (Å²) in [6, 6.07) is 0.825. The molecule has 2 aliphatic heterocycles. The van der Waals surface area contributed by atoms with Crippen LogP contribution in [-0.2, 0) is 0 Å². The minimum Gasteiger partial charge on any atom is -0.487 e. The van der Waals surface area contributed by atoms with Crippen molar-refractivity contribution in [1.29, 1.82) is 0 Å². The molecule has 2 aliphatic rings. The molecular formula is C17H18FN3O4. The molecule has 132 valence electrons. The van der Waals surface area contributed by atoms with E-state index in [0.29, 0.717) is 12.1 Å². The molecule has 1 aromatic carbocycles. The van der Waals surface area contributed by atoms with Crippen molar-refractivity contribution < 1.29 is 19.0 Å². The molecule has 1 aromatic heterocycles. The second-order valence-corrected chi connectivity index (χ2v) is 6.73. The molecule has 0 radical (unpaired) electrons. The first kappa shape index (κ1) is 15.9. The van der Waals surface area contributed by atoms with Crippen LogP contribution >= 0.6 is 0 Å². The quantitative estimate of drug-likeness (QED) is 0.850. The summed E-state index contributed by atoms with van der Waals surface area (Å²) in [6.45, 7) is 4.50. The molecule has 8 heteroatoms. The van der Waals surface area contributed by atoms with Crippen LogP contribution in [0.3, 0.4) is 0 Å². The lowest BCUT2D eigenvalue weighted by Crippen LogP contribution is -2.63. The number of nitrogens with zero attached hydrogens (tertiary/aromatic N) is 2. The van der Waals surface area contributed by atoms with Crippen LogP contribution in [0.25, 0.3) is 10.9 Å². The Kier molecular flexibility index (Phi) is 3.30. The Balaban J connectivity index is 2.07. The molecule has 0 aliphatic carbocycles. The number of hydrogen-bond acceptors (Lipinski definition) is 5. The number of carboxylic acid groups (broad SMARTS) is 1. The summed E-state index contributed by atoms with van der Waals surface area (Å²) >= 11 is 0. The van der Waals surface area contributed by atoms with Crippen molar-refractivity contribution in [2.45, 2.75) is 32.0 Å². The number of halogens is 1. The molecule has 3 heterocycles. The second-order valence-electron chi connectivity index (χ2n) is 6.73. The maximum Gasteiger partial charge on any atom is 0.341 e. The first-order valence-electron chi connectivity index (χ1n) is 8.11. The fraction of sp³-hybridized carbons (Fsp3) is 0.412. The molecular weight excluding hydrogens is 329 g/mol. The van der Waals surface area contributed by atoms with E-state index >= 15 is 0 Å². The lowest BCUT2D eigenvalue weighted by molar-refractivity contribution is 0.0694. The SMILES string of the molecule is CC1C(N)CN1c1c(F)cc2c(=O)c(C(=O)O)cn3c2c1OC[C@@H]3C. The lowest BCUT2D eigenvalue weighted by Gasteiger charge is -2.47. The van der Waals surface area contributed by atoms with Gasteiger partial charge >= 0.3 is 5.97 Å². The maximum absolute atomic E-state index is 14.8. The number of aromatic carboxylic acids is 1. The van der Waals surface area contributed by atoms with E-state index in [9.17, 15) is 19.1 Å². The van der Waals surface area contributed by atoms with E-state index in [-0.39, 0.29) is 47.1 Å². The summed E-state index contributed by atoms with van der Waals surface area (Å²) < 4.78 is 22.3. The Hall–Kier alpha value is -2.61. The molecule has 2 unspecified atom stereocenters. The molecule has 25 heavy (non-hydrogen) atoms. The highest BCUT2D eigenvalue weighted by Gasteiger charge is 2.38. The molecule has 0 bridgehead atoms. The van der Waals surface area contributed by atoms with Gasteiger partial charge in [0.2, 0.25) is 5.43 Å². The third kappa shape index (κ3) is 2.07. The molecule has 0 spiro atoms. The van der Waals surface area contributed by atoms with Crippen LogP contribution in [-0.4, -0.2) is 40.9 Å². The standard InChI is InChI=1S/C17H18FN3O4/c1-7-6-25-16-13-9(15(22)10(17(23)24)4-20(7)13)3-11(18)14(16)21-5-12(19)8(21)2/h3-4,7-8,12H,5-6,19H2,1-2H3,(H,23,24)/t7-,8?,12?/m0/s1. The summed E-state index contributed by atoms with van der Waals surface area (Å²) in [4.78, 5) is 25.7. The number of anilines is 1. The summed E-state index contributed by atoms with van der Waals surface area (Å²) in [6.07, 6.45) is 1.32. The predicted molar refractivity (Wildman–Crippen MR) is 90.1 cm³/mol. The van der Waals surface area contributed by atoms with Crippen LogP contribution in [0.4, 0.5) is 10.1 Å². The van der Waals surface area contributed by atoms with Crippen LogP contribution in [0, 0.1) is 5.82 Å². The van der Waals surface area contributed by atoms with Crippen molar-refractivity contribution in [1.82, 2.24) is 4.57 Å². The number of benzene rings is 1. The van der Waals surface area contributed by atoms with Gasteiger partial charge in [-0.25, -0.2) is 9.18 Å². The largest absolute Gasteiger partial charge is 0.487 e. The third-order valence-corrected chi connectivity index (χ3v) is 5.18. The zero-order chi connectivity index (χ0) is 18.0. The maximum atomic E-state index is 14.8. The zero-order valence-corrected chi connectivity index (χ0v) is 13.8. The van der Waals surface area contributed by atoms with E-state index in [1.807, 2.05) is 18.7 Å². The molecule has 3 atom stereocenters. The van der Waals surface area contributed by atoms with Crippen molar-refractivity contribution in [2.24, 2.45) is 5.73 Å². The minimum absolute atomic E-state index is 0.0141. The Labute approximate surface area is 142 Å². The van der Waals surface area contributed by atoms with Crippen LogP contribution in [0.15, 0.2) is 17.1 Å². The van der Waals surface area contributed by atoms with Gasteiger partial charge in [-0.2, -0.15) is 0 Å². The Morgan fingerprint density at radius 1 is 1.44 bits per heavy atom. The summed E-state index contributed by atoms with van der Waals surface area (Å²) in [7, 11) is 0. The first-order chi connectivity index (χ1) is 11.8. The molecule has 1 fully saturated rings. The van der Waals surface area contributed by atoms with E-state index in [0.717, 1.165) is 6.07 Å². The summed E-state index contributed by atoms with van der Waals surface area (Å²) in [5.41, 5.74) is 5.54. The number of ether oxygens (including phenoxy) is 1. The van der Waals surface area contributed by atoms with Gasteiger partial charge in [0.1, 0.15) is 17.9 Å². The normalized spacial score (nSPS) is 24.8. The van der Waals surface area contributed by atoms with Gasteiger partial charge in [-0.3, -0.25) is 4.79 Å². The summed E-state index contributed by atoms with van der Waals surface area (Å²) in [5.74, 6) is -1.66. The number of pyridine rings is 1. The van der Waals surface area contributed by atoms with Crippen molar-refractivity contribution in [2.75, 3.05) is 18.1 Å². The van der Waals surface area contributed by atoms with E-state index in [2.05, 4.69) is 0 Å². The molecule has 0 amide bonds. The minimum atomic E-state index is -1.33. The number of carboxylic acids is 1. The van der Waals surface area contributed by atoms with Crippen molar-refractivity contribution in [3.8, 4) is 5.75 Å². The number of nitrogens with two attached hydrogens (primary N) is 1. The van der Waals surface area contributed by atoms with Gasteiger partial charge in [-0.05, 0) is 19.9 Å². The van der Waals surface area contributed by atoms with Gasteiger partial charge in [0.15, 0.2) is 11.6 Å². The topological polar surface area (TPSA) is 97.8 Å². The lowest BCUT2D eigenvalue weighted by atomic mass is 9.96. The van der Waals surface area contributed by atoms with Gasteiger partial charge in [0.05, 0.1) is 16.9 Å². The number of hydrogen-bond donors (Lipinski definition) is 2. The molecule has 7 nitrogen and oxygen atoms in total. The highest BCUT2D eigenvalue weighted by atomic mass is 19.1. The van der Waals surface area contributed by atoms with Gasteiger partial charge in [0, 0.05) is 24.8 Å². The molecule has 3 N–H and O–H groups in total. The van der Waals surface area contributed by atoms with Crippen molar-refractivity contribution in [3.63, 3.8) is 0 Å². The van der Waals surface area contributed by atoms with Crippen LogP contribution in [0.5, 0.6) is 5.75 Å². The van der Waals surface area contributed by atoms with Crippen LogP contribution < -0.4 is 20.8 Å². The molecule has 2 aromatic rings. The van der Waals surface area contributed by atoms with Gasteiger partial charge < -0.3 is 25.0 Å². The Morgan fingerprint density at radius 2 is 2.16 bits per heavy atom. The fourth-order valence-electron chi connectivity index (χ4n) is 3.57. The Morgan fingerprint density at radius 3 is 2.76 bits per heavy atom. The van der Waals surface area contributed by atoms with E-state index < -0.39 is 17.2 Å². The van der Waals surface area contributed by atoms with E-state index in [1.54, 1.807) is 4.57 Å². The highest BCUT2D eigenvalue weighted by Crippen LogP contribution is 2.44. The summed E-state index contributed by atoms with van der Waals surface area (Å²) in [5, 5.41) is 9.30. The van der Waals surface area contributed by atoms with Crippen molar-refractivity contribution >= 4 is 22.6 Å². The van der Waals surface area contributed by atoms with E-state index in [1.165, 1.54) is 6.20 Å². The van der Waals surface area contributed by atoms with E-state index in [4.69, 9.17) is 10.5 Å². The first-order valence-corrected chi connectivity index (χ1v) is 8.11. The van der Waals surface area contributed by atoms with Gasteiger partial charge in [0.25, 0.3) is 0 Å². The molecule has 0 saturated carbocycles. The molecule has 4 rings (SSSR count). The predicted octanol–water partition coefficient (Wildman–Crippen LogP) is 1.33.